The van der Waals surface area contributed by atoms with Gasteiger partial charge in [-0.05, 0) is 37.7 Å². The number of amides is 1. The van der Waals surface area contributed by atoms with Gasteiger partial charge in [-0.15, -0.1) is 0 Å². The third-order valence-electron chi connectivity index (χ3n) is 3.89. The second-order valence-corrected chi connectivity index (χ2v) is 5.38. The summed E-state index contributed by atoms with van der Waals surface area (Å²) in [4.78, 5) is 22.7. The number of nitro groups is 1. The molecule has 1 aliphatic rings. The van der Waals surface area contributed by atoms with Crippen molar-refractivity contribution in [3.8, 4) is 0 Å². The number of para-hydroxylation sites is 1. The molecule has 0 unspecified atom stereocenters. The summed E-state index contributed by atoms with van der Waals surface area (Å²) in [5, 5.41) is 22.8. The van der Waals surface area contributed by atoms with Gasteiger partial charge in [0.2, 0.25) is 0 Å². The second-order valence-electron chi connectivity index (χ2n) is 5.38. The van der Waals surface area contributed by atoms with Crippen LogP contribution in [0.15, 0.2) is 18.2 Å². The van der Waals surface area contributed by atoms with Crippen LogP contribution in [0, 0.1) is 22.5 Å². The van der Waals surface area contributed by atoms with E-state index >= 15 is 0 Å². The molecule has 1 amide bonds. The molecule has 0 heterocycles. The van der Waals surface area contributed by atoms with Crippen molar-refractivity contribution in [3.05, 3.63) is 39.4 Å². The molecule has 108 valence electrons. The van der Waals surface area contributed by atoms with Crippen LogP contribution in [0.2, 0.25) is 0 Å². The maximum Gasteiger partial charge on any atom is 0.285 e. The summed E-state index contributed by atoms with van der Waals surface area (Å²) in [7, 11) is 0. The maximum absolute atomic E-state index is 12.1. The summed E-state index contributed by atoms with van der Waals surface area (Å²) in [6, 6.07) is 4.72. The van der Waals surface area contributed by atoms with E-state index in [1.807, 2.05) is 0 Å². The highest BCUT2D eigenvalue weighted by atomic mass is 16.6. The van der Waals surface area contributed by atoms with E-state index in [1.54, 1.807) is 19.1 Å². The first kappa shape index (κ1) is 14.5. The molecule has 20 heavy (non-hydrogen) atoms. The maximum atomic E-state index is 12.1. The Balaban J connectivity index is 2.10. The fourth-order valence-corrected chi connectivity index (χ4v) is 2.38. The van der Waals surface area contributed by atoms with Crippen LogP contribution in [-0.2, 0) is 0 Å². The number of nitrogens with one attached hydrogen (secondary N) is 1. The Morgan fingerprint density at radius 3 is 2.75 bits per heavy atom. The monoisotopic (exact) mass is 278 g/mol. The average molecular weight is 278 g/mol. The summed E-state index contributed by atoms with van der Waals surface area (Å²) in [5.41, 5.74) is 0.411. The number of benzene rings is 1. The van der Waals surface area contributed by atoms with Crippen molar-refractivity contribution in [2.75, 3.05) is 13.2 Å². The molecule has 1 saturated carbocycles. The van der Waals surface area contributed by atoms with Crippen LogP contribution in [0.3, 0.4) is 0 Å². The predicted molar refractivity (Wildman–Crippen MR) is 73.5 cm³/mol. The van der Waals surface area contributed by atoms with Gasteiger partial charge in [0.05, 0.1) is 4.92 Å². The van der Waals surface area contributed by atoms with Crippen molar-refractivity contribution < 1.29 is 14.8 Å². The minimum Gasteiger partial charge on any atom is -0.396 e. The van der Waals surface area contributed by atoms with Gasteiger partial charge in [-0.2, -0.15) is 0 Å². The van der Waals surface area contributed by atoms with Crippen molar-refractivity contribution in [2.24, 2.45) is 5.41 Å². The molecule has 0 aromatic heterocycles. The van der Waals surface area contributed by atoms with E-state index < -0.39 is 10.8 Å². The second kappa shape index (κ2) is 5.58. The van der Waals surface area contributed by atoms with Crippen molar-refractivity contribution >= 4 is 11.6 Å². The molecule has 0 atom stereocenters. The first-order valence-corrected chi connectivity index (χ1v) is 6.62. The summed E-state index contributed by atoms with van der Waals surface area (Å²) >= 11 is 0. The zero-order valence-corrected chi connectivity index (χ0v) is 11.4. The Hall–Kier alpha value is -1.95. The van der Waals surface area contributed by atoms with E-state index in [4.69, 9.17) is 5.11 Å². The number of nitrogens with zero attached hydrogens (tertiary/aromatic N) is 1. The van der Waals surface area contributed by atoms with Gasteiger partial charge in [0, 0.05) is 18.7 Å². The molecule has 0 spiro atoms. The van der Waals surface area contributed by atoms with Gasteiger partial charge >= 0.3 is 0 Å². The number of nitro benzene ring substituents is 1. The van der Waals surface area contributed by atoms with E-state index in [9.17, 15) is 14.9 Å². The summed E-state index contributed by atoms with van der Waals surface area (Å²) in [6.07, 6.45) is 2.61. The van der Waals surface area contributed by atoms with Crippen molar-refractivity contribution in [1.29, 1.82) is 0 Å². The molecule has 1 aromatic carbocycles. The molecule has 6 nitrogen and oxygen atoms in total. The first-order chi connectivity index (χ1) is 9.49. The number of carbonyl (C=O) groups is 1. The first-order valence-electron chi connectivity index (χ1n) is 6.62. The van der Waals surface area contributed by atoms with Gasteiger partial charge < -0.3 is 10.4 Å². The lowest BCUT2D eigenvalue weighted by molar-refractivity contribution is -0.385. The molecule has 0 radical (unpaired) electrons. The molecule has 1 aliphatic carbocycles. The Morgan fingerprint density at radius 1 is 1.50 bits per heavy atom. The molecule has 0 saturated heterocycles. The number of carbonyl (C=O) groups excluding carboxylic acids is 1. The Labute approximate surface area is 117 Å². The smallest absolute Gasteiger partial charge is 0.285 e. The summed E-state index contributed by atoms with van der Waals surface area (Å²) < 4.78 is 0. The fourth-order valence-electron chi connectivity index (χ4n) is 2.38. The van der Waals surface area contributed by atoms with Gasteiger partial charge in [-0.3, -0.25) is 14.9 Å². The molecule has 2 N–H and O–H groups in total. The molecular formula is C14H18N2O4. The minimum atomic E-state index is -0.523. The Morgan fingerprint density at radius 2 is 2.20 bits per heavy atom. The van der Waals surface area contributed by atoms with Crippen LogP contribution >= 0.6 is 0 Å². The normalized spacial score (nSPS) is 15.7. The lowest BCUT2D eigenvalue weighted by atomic mass is 10.0. The van der Waals surface area contributed by atoms with Crippen LogP contribution in [0.1, 0.15) is 35.2 Å². The van der Waals surface area contributed by atoms with Crippen molar-refractivity contribution in [2.45, 2.75) is 26.2 Å². The van der Waals surface area contributed by atoms with Crippen LogP contribution < -0.4 is 5.32 Å². The van der Waals surface area contributed by atoms with Crippen molar-refractivity contribution in [1.82, 2.24) is 5.32 Å². The number of aliphatic hydroxyl groups is 1. The van der Waals surface area contributed by atoms with Gasteiger partial charge in [-0.1, -0.05) is 12.1 Å². The highest BCUT2D eigenvalue weighted by Gasteiger charge is 2.42. The van der Waals surface area contributed by atoms with Crippen LogP contribution in [-0.4, -0.2) is 29.1 Å². The van der Waals surface area contributed by atoms with E-state index in [0.717, 1.165) is 12.8 Å². The number of hydrogen-bond donors (Lipinski definition) is 2. The number of hydrogen-bond acceptors (Lipinski definition) is 4. The molecular weight excluding hydrogens is 260 g/mol. The fraction of sp³-hybridized carbons (Fsp3) is 0.500. The predicted octanol–water partition coefficient (Wildman–Crippen LogP) is 1.80. The van der Waals surface area contributed by atoms with Crippen LogP contribution in [0.25, 0.3) is 0 Å². The quantitative estimate of drug-likeness (QED) is 0.613. The highest BCUT2D eigenvalue weighted by molar-refractivity contribution is 5.98. The Kier molecular flexibility index (Phi) is 4.04. The molecule has 6 heteroatoms. The lowest BCUT2D eigenvalue weighted by Gasteiger charge is -2.14. The van der Waals surface area contributed by atoms with Crippen LogP contribution in [0.4, 0.5) is 5.69 Å². The van der Waals surface area contributed by atoms with Gasteiger partial charge in [0.25, 0.3) is 11.6 Å². The molecule has 1 aromatic rings. The standard InChI is InChI=1S/C14H18N2O4/c1-10-3-2-4-11(12(10)16(19)20)13(18)15-9-14(5-6-14)7-8-17/h2-4,17H,5-9H2,1H3,(H,15,18). The third kappa shape index (κ3) is 2.96. The number of aryl methyl sites for hydroxylation is 1. The average Bonchev–Trinajstić information content (AvgIpc) is 3.16. The summed E-state index contributed by atoms with van der Waals surface area (Å²) in [6.45, 7) is 2.17. The third-order valence-corrected chi connectivity index (χ3v) is 3.89. The molecule has 0 bridgehead atoms. The molecule has 2 rings (SSSR count). The minimum absolute atomic E-state index is 0.0109. The largest absolute Gasteiger partial charge is 0.396 e. The number of rotatable bonds is 6. The topological polar surface area (TPSA) is 92.5 Å². The van der Waals surface area contributed by atoms with Crippen LogP contribution in [0.5, 0.6) is 0 Å². The van der Waals surface area contributed by atoms with E-state index in [0.29, 0.717) is 18.5 Å². The van der Waals surface area contributed by atoms with Gasteiger partial charge in [0.15, 0.2) is 0 Å². The van der Waals surface area contributed by atoms with E-state index in [2.05, 4.69) is 5.32 Å². The van der Waals surface area contributed by atoms with Crippen molar-refractivity contribution in [3.63, 3.8) is 0 Å². The number of aliphatic hydroxyl groups excluding tert-OH is 1. The zero-order valence-electron chi connectivity index (χ0n) is 11.4. The van der Waals surface area contributed by atoms with Gasteiger partial charge in [0.1, 0.15) is 5.56 Å². The zero-order chi connectivity index (χ0) is 14.8. The highest BCUT2D eigenvalue weighted by Crippen LogP contribution is 2.47. The Bertz CT molecular complexity index is 538. The molecule has 0 aliphatic heterocycles. The summed E-state index contributed by atoms with van der Waals surface area (Å²) in [5.74, 6) is -0.426. The SMILES string of the molecule is Cc1cccc(C(=O)NCC2(CCO)CC2)c1[N+](=O)[O-]. The van der Waals surface area contributed by atoms with E-state index in [-0.39, 0.29) is 23.3 Å². The van der Waals surface area contributed by atoms with Gasteiger partial charge in [-0.25, -0.2) is 0 Å². The molecule has 1 fully saturated rings. The lowest BCUT2D eigenvalue weighted by Crippen LogP contribution is -2.31. The van der Waals surface area contributed by atoms with E-state index in [1.165, 1.54) is 6.07 Å².